The fourth-order valence-corrected chi connectivity index (χ4v) is 2.99. The molecule has 2 aromatic rings. The van der Waals surface area contributed by atoms with Crippen LogP contribution in [0.4, 0.5) is 13.2 Å². The Balaban J connectivity index is 2.86. The number of benzene rings is 2. The highest BCUT2D eigenvalue weighted by Gasteiger charge is 2.33. The first-order chi connectivity index (χ1) is 11.2. The van der Waals surface area contributed by atoms with Crippen molar-refractivity contribution in [2.75, 3.05) is 7.11 Å². The molecule has 0 atom stereocenters. The lowest BCUT2D eigenvalue weighted by atomic mass is 10.0. The number of alkyl halides is 3. The lowest BCUT2D eigenvalue weighted by Gasteiger charge is -2.14. The van der Waals surface area contributed by atoms with E-state index in [-0.39, 0.29) is 16.9 Å². The average molecular weight is 357 g/mol. The highest BCUT2D eigenvalue weighted by molar-refractivity contribution is 7.90. The van der Waals surface area contributed by atoms with Crippen molar-refractivity contribution in [3.05, 3.63) is 48.0 Å². The van der Waals surface area contributed by atoms with Crippen molar-refractivity contribution >= 4 is 16.1 Å². The number of sulfonamides is 1. The van der Waals surface area contributed by atoms with E-state index in [1.54, 1.807) is 6.07 Å². The van der Waals surface area contributed by atoms with E-state index < -0.39 is 26.7 Å². The Morgan fingerprint density at radius 2 is 1.75 bits per heavy atom. The molecule has 9 heteroatoms. The Labute approximate surface area is 135 Å². The number of para-hydroxylation sites is 1. The number of nitrogens with zero attached hydrogens (tertiary/aromatic N) is 1. The summed E-state index contributed by atoms with van der Waals surface area (Å²) in [7, 11) is -3.20. The molecular weight excluding hydrogens is 347 g/mol. The second-order valence-corrected chi connectivity index (χ2v) is 6.14. The largest absolute Gasteiger partial charge is 0.496 e. The van der Waals surface area contributed by atoms with Gasteiger partial charge in [0.15, 0.2) is 0 Å². The van der Waals surface area contributed by atoms with Gasteiger partial charge in [0.1, 0.15) is 5.75 Å². The number of ether oxygens (including phenoxy) is 1. The molecular formula is C15H10F3NO4S. The molecule has 0 saturated carbocycles. The monoisotopic (exact) mass is 357 g/mol. The van der Waals surface area contributed by atoms with E-state index in [1.807, 2.05) is 0 Å². The van der Waals surface area contributed by atoms with Crippen LogP contribution >= 0.6 is 0 Å². The van der Waals surface area contributed by atoms with Gasteiger partial charge in [0, 0.05) is 11.1 Å². The van der Waals surface area contributed by atoms with E-state index >= 15 is 0 Å². The van der Waals surface area contributed by atoms with Crippen LogP contribution in [0.15, 0.2) is 51.8 Å². The van der Waals surface area contributed by atoms with Gasteiger partial charge in [-0.3, -0.25) is 0 Å². The summed E-state index contributed by atoms with van der Waals surface area (Å²) in [5.74, 6) is 0.170. The maximum atomic E-state index is 13.0. The average Bonchev–Trinajstić information content (AvgIpc) is 2.53. The van der Waals surface area contributed by atoms with Gasteiger partial charge in [-0.2, -0.15) is 21.6 Å². The van der Waals surface area contributed by atoms with Crippen molar-refractivity contribution in [1.82, 2.24) is 0 Å². The van der Waals surface area contributed by atoms with Crippen molar-refractivity contribution in [1.29, 1.82) is 0 Å². The molecule has 0 N–H and O–H groups in total. The zero-order chi connectivity index (χ0) is 18.0. The standard InChI is InChI=1S/C15H10F3NO4S/c1-23-13-5-3-2-4-11(13)12-8-10(15(16,17)18)6-7-14(12)24(21,22)19-9-20/h2-8H,1H3. The predicted molar refractivity (Wildman–Crippen MR) is 78.7 cm³/mol. The van der Waals surface area contributed by atoms with Gasteiger partial charge in [-0.25, -0.2) is 4.79 Å². The number of halogens is 3. The molecule has 5 nitrogen and oxygen atoms in total. The summed E-state index contributed by atoms with van der Waals surface area (Å²) in [6.07, 6.45) is -3.78. The minimum Gasteiger partial charge on any atom is -0.496 e. The lowest BCUT2D eigenvalue weighted by molar-refractivity contribution is -0.137. The Hall–Kier alpha value is -2.64. The maximum Gasteiger partial charge on any atom is 0.416 e. The van der Waals surface area contributed by atoms with Crippen LogP contribution in [0.2, 0.25) is 0 Å². The Kier molecular flexibility index (Phi) is 4.77. The molecule has 0 spiro atoms. The zero-order valence-corrected chi connectivity index (χ0v) is 13.0. The van der Waals surface area contributed by atoms with Crippen LogP contribution in [-0.4, -0.2) is 21.6 Å². The third-order valence-corrected chi connectivity index (χ3v) is 4.37. The minimum atomic E-state index is -4.67. The Morgan fingerprint density at radius 1 is 1.08 bits per heavy atom. The number of rotatable bonds is 4. The summed E-state index contributed by atoms with van der Waals surface area (Å²) < 4.78 is 70.8. The summed E-state index contributed by atoms with van der Waals surface area (Å²) in [5, 5.41) is 0. The van der Waals surface area contributed by atoms with E-state index in [1.165, 1.54) is 25.3 Å². The number of isocyanates is 1. The molecule has 0 amide bonds. The topological polar surface area (TPSA) is 72.8 Å². The lowest BCUT2D eigenvalue weighted by Crippen LogP contribution is -2.07. The van der Waals surface area contributed by atoms with E-state index in [9.17, 15) is 26.4 Å². The Morgan fingerprint density at radius 3 is 2.33 bits per heavy atom. The quantitative estimate of drug-likeness (QED) is 0.621. The molecule has 0 heterocycles. The fraction of sp³-hybridized carbons (Fsp3) is 0.133. The van der Waals surface area contributed by atoms with Crippen molar-refractivity contribution in [3.63, 3.8) is 0 Å². The molecule has 0 aliphatic carbocycles. The normalized spacial score (nSPS) is 11.7. The van der Waals surface area contributed by atoms with Crippen molar-refractivity contribution < 1.29 is 31.1 Å². The number of carbonyl (C=O) groups excluding carboxylic acids is 1. The number of hydrogen-bond acceptors (Lipinski definition) is 4. The van der Waals surface area contributed by atoms with Crippen molar-refractivity contribution in [2.45, 2.75) is 11.1 Å². The van der Waals surface area contributed by atoms with Crippen LogP contribution < -0.4 is 4.74 Å². The number of methoxy groups -OCH3 is 1. The van der Waals surface area contributed by atoms with Crippen LogP contribution in [0.5, 0.6) is 5.75 Å². The van der Waals surface area contributed by atoms with Crippen molar-refractivity contribution in [3.8, 4) is 16.9 Å². The SMILES string of the molecule is COc1ccccc1-c1cc(C(F)(F)F)ccc1S(=O)(=O)N=C=O. The van der Waals surface area contributed by atoms with Crippen LogP contribution in [0, 0.1) is 0 Å². The molecule has 0 unspecified atom stereocenters. The van der Waals surface area contributed by atoms with E-state index in [0.717, 1.165) is 12.1 Å². The minimum absolute atomic E-state index is 0.116. The molecule has 0 radical (unpaired) electrons. The van der Waals surface area contributed by atoms with E-state index in [2.05, 4.69) is 4.40 Å². The first-order valence-corrected chi connectivity index (χ1v) is 7.83. The third kappa shape index (κ3) is 3.47. The van der Waals surface area contributed by atoms with Gasteiger partial charge >= 0.3 is 6.18 Å². The van der Waals surface area contributed by atoms with Crippen LogP contribution in [-0.2, 0) is 21.0 Å². The zero-order valence-electron chi connectivity index (χ0n) is 12.2. The summed E-state index contributed by atoms with van der Waals surface area (Å²) in [6, 6.07) is 7.98. The molecule has 24 heavy (non-hydrogen) atoms. The van der Waals surface area contributed by atoms with Gasteiger partial charge in [0.2, 0.25) is 0 Å². The summed E-state index contributed by atoms with van der Waals surface area (Å²) >= 11 is 0. The highest BCUT2D eigenvalue weighted by atomic mass is 32.2. The predicted octanol–water partition coefficient (Wildman–Crippen LogP) is 3.41. The molecule has 0 aromatic heterocycles. The fourth-order valence-electron chi connectivity index (χ4n) is 2.11. The molecule has 126 valence electrons. The van der Waals surface area contributed by atoms with Gasteiger partial charge in [-0.05, 0) is 24.3 Å². The van der Waals surface area contributed by atoms with Crippen LogP contribution in [0.25, 0.3) is 11.1 Å². The number of hydrogen-bond donors (Lipinski definition) is 0. The smallest absolute Gasteiger partial charge is 0.416 e. The molecule has 0 fully saturated rings. The molecule has 0 aliphatic heterocycles. The molecule has 2 aromatic carbocycles. The van der Waals surface area contributed by atoms with E-state index in [4.69, 9.17) is 4.74 Å². The van der Waals surface area contributed by atoms with Gasteiger partial charge < -0.3 is 4.74 Å². The van der Waals surface area contributed by atoms with Crippen molar-refractivity contribution in [2.24, 2.45) is 4.40 Å². The van der Waals surface area contributed by atoms with Gasteiger partial charge in [-0.1, -0.05) is 22.6 Å². The summed E-state index contributed by atoms with van der Waals surface area (Å²) in [4.78, 5) is 9.76. The van der Waals surface area contributed by atoms with E-state index in [0.29, 0.717) is 12.1 Å². The molecule has 0 aliphatic rings. The highest BCUT2D eigenvalue weighted by Crippen LogP contribution is 2.39. The maximum absolute atomic E-state index is 13.0. The molecule has 0 bridgehead atoms. The second-order valence-electron chi connectivity index (χ2n) is 4.57. The van der Waals surface area contributed by atoms with Gasteiger partial charge in [0.05, 0.1) is 17.6 Å². The molecule has 2 rings (SSSR count). The summed E-state index contributed by atoms with van der Waals surface area (Å²) in [6.45, 7) is 0. The van der Waals surface area contributed by atoms with Gasteiger partial charge in [-0.15, -0.1) is 0 Å². The molecule has 0 saturated heterocycles. The Bertz CT molecular complexity index is 917. The first-order valence-electron chi connectivity index (χ1n) is 6.39. The van der Waals surface area contributed by atoms with Crippen LogP contribution in [0.1, 0.15) is 5.56 Å². The third-order valence-electron chi connectivity index (χ3n) is 3.14. The van der Waals surface area contributed by atoms with Crippen LogP contribution in [0.3, 0.4) is 0 Å². The van der Waals surface area contributed by atoms with Gasteiger partial charge in [0.25, 0.3) is 16.1 Å². The summed E-state index contributed by atoms with van der Waals surface area (Å²) in [5.41, 5.74) is -1.20. The second kappa shape index (κ2) is 6.46. The first kappa shape index (κ1) is 17.7.